The lowest BCUT2D eigenvalue weighted by Crippen LogP contribution is -2.31. The first-order valence-corrected chi connectivity index (χ1v) is 9.48. The summed E-state index contributed by atoms with van der Waals surface area (Å²) in [5.41, 5.74) is 6.35. The molecule has 0 amide bonds. The number of para-hydroxylation sites is 2. The fraction of sp³-hybridized carbons (Fsp3) is 0.250. The lowest BCUT2D eigenvalue weighted by Gasteiger charge is -2.34. The fourth-order valence-electron chi connectivity index (χ4n) is 4.06. The van der Waals surface area contributed by atoms with Gasteiger partial charge < -0.3 is 14.5 Å². The summed E-state index contributed by atoms with van der Waals surface area (Å²) in [5, 5.41) is 0. The number of ether oxygens (including phenoxy) is 1. The monoisotopic (exact) mass is 358 g/mol. The molecule has 3 aromatic carbocycles. The second-order valence-corrected chi connectivity index (χ2v) is 7.04. The number of benzene rings is 3. The van der Waals surface area contributed by atoms with Crippen molar-refractivity contribution in [2.24, 2.45) is 0 Å². The number of hydrogen-bond acceptors (Lipinski definition) is 3. The minimum absolute atomic E-state index is 0.166. The summed E-state index contributed by atoms with van der Waals surface area (Å²) in [6.45, 7) is 6.34. The Morgan fingerprint density at radius 1 is 0.704 bits per heavy atom. The van der Waals surface area contributed by atoms with Gasteiger partial charge in [-0.05, 0) is 60.9 Å². The van der Waals surface area contributed by atoms with Gasteiger partial charge >= 0.3 is 0 Å². The maximum atomic E-state index is 5.54. The summed E-state index contributed by atoms with van der Waals surface area (Å²) in [4.78, 5) is 5.00. The number of methoxy groups -OCH3 is 1. The molecule has 4 rings (SSSR count). The van der Waals surface area contributed by atoms with Crippen molar-refractivity contribution in [3.63, 3.8) is 0 Å². The summed E-state index contributed by atoms with van der Waals surface area (Å²) in [7, 11) is 1.74. The molecule has 1 saturated heterocycles. The molecule has 0 radical (unpaired) electrons. The molecule has 3 nitrogen and oxygen atoms in total. The van der Waals surface area contributed by atoms with Crippen LogP contribution in [0, 0.1) is 13.8 Å². The van der Waals surface area contributed by atoms with Gasteiger partial charge in [0.05, 0.1) is 7.11 Å². The molecule has 0 N–H and O–H groups in total. The minimum atomic E-state index is 0.166. The third-order valence-electron chi connectivity index (χ3n) is 5.63. The van der Waals surface area contributed by atoms with Crippen molar-refractivity contribution in [3.8, 4) is 5.75 Å². The van der Waals surface area contributed by atoms with E-state index in [1.165, 1.54) is 28.1 Å². The fourth-order valence-corrected chi connectivity index (χ4v) is 4.06. The van der Waals surface area contributed by atoms with E-state index in [1.54, 1.807) is 7.11 Å². The van der Waals surface area contributed by atoms with Crippen molar-refractivity contribution in [1.82, 2.24) is 0 Å². The second-order valence-electron chi connectivity index (χ2n) is 7.04. The Kier molecular flexibility index (Phi) is 4.76. The van der Waals surface area contributed by atoms with E-state index >= 15 is 0 Å². The van der Waals surface area contributed by atoms with Crippen LogP contribution in [-0.2, 0) is 0 Å². The maximum Gasteiger partial charge on any atom is 0.128 e. The van der Waals surface area contributed by atoms with E-state index in [2.05, 4.69) is 96.4 Å². The van der Waals surface area contributed by atoms with Crippen LogP contribution in [0.1, 0.15) is 22.9 Å². The molecule has 0 spiro atoms. The van der Waals surface area contributed by atoms with Crippen molar-refractivity contribution in [1.29, 1.82) is 0 Å². The average Bonchev–Trinajstić information content (AvgIpc) is 3.16. The van der Waals surface area contributed by atoms with Gasteiger partial charge in [0.25, 0.3) is 0 Å². The van der Waals surface area contributed by atoms with Crippen molar-refractivity contribution >= 4 is 11.4 Å². The van der Waals surface area contributed by atoms with Gasteiger partial charge in [-0.25, -0.2) is 0 Å². The van der Waals surface area contributed by atoms with Crippen molar-refractivity contribution < 1.29 is 4.74 Å². The zero-order valence-corrected chi connectivity index (χ0v) is 16.2. The normalized spacial score (nSPS) is 14.6. The minimum Gasteiger partial charge on any atom is -0.496 e. The lowest BCUT2D eigenvalue weighted by atomic mass is 9.98. The van der Waals surface area contributed by atoms with E-state index in [-0.39, 0.29) is 6.17 Å². The third kappa shape index (κ3) is 3.14. The van der Waals surface area contributed by atoms with Crippen LogP contribution in [0.5, 0.6) is 5.75 Å². The van der Waals surface area contributed by atoms with Crippen LogP contribution in [0.15, 0.2) is 72.8 Å². The van der Waals surface area contributed by atoms with Crippen molar-refractivity contribution in [2.45, 2.75) is 20.0 Å². The van der Waals surface area contributed by atoms with Crippen LogP contribution in [-0.4, -0.2) is 20.2 Å². The molecule has 0 unspecified atom stereocenters. The Balaban J connectivity index is 1.83. The molecule has 3 aromatic rings. The Labute approximate surface area is 161 Å². The number of anilines is 2. The zero-order chi connectivity index (χ0) is 18.8. The van der Waals surface area contributed by atoms with Gasteiger partial charge in [0, 0.05) is 24.5 Å². The Morgan fingerprint density at radius 3 is 1.70 bits per heavy atom. The molecule has 3 heteroatoms. The van der Waals surface area contributed by atoms with Gasteiger partial charge in [0.2, 0.25) is 0 Å². The lowest BCUT2D eigenvalue weighted by molar-refractivity contribution is 0.411. The van der Waals surface area contributed by atoms with E-state index in [9.17, 15) is 0 Å². The van der Waals surface area contributed by atoms with E-state index < -0.39 is 0 Å². The summed E-state index contributed by atoms with van der Waals surface area (Å²) in [6, 6.07) is 25.7. The number of rotatable bonds is 4. The summed E-state index contributed by atoms with van der Waals surface area (Å²) < 4.78 is 5.54. The van der Waals surface area contributed by atoms with E-state index in [1.807, 2.05) is 0 Å². The molecule has 27 heavy (non-hydrogen) atoms. The molecule has 0 bridgehead atoms. The van der Waals surface area contributed by atoms with Crippen LogP contribution in [0.2, 0.25) is 0 Å². The molecule has 1 fully saturated rings. The molecule has 0 atom stereocenters. The molecule has 1 aliphatic rings. The maximum absolute atomic E-state index is 5.54. The van der Waals surface area contributed by atoms with Crippen molar-refractivity contribution in [3.05, 3.63) is 89.5 Å². The Hall–Kier alpha value is -2.94. The van der Waals surface area contributed by atoms with Gasteiger partial charge in [-0.2, -0.15) is 0 Å². The average molecular weight is 358 g/mol. The Morgan fingerprint density at radius 2 is 1.22 bits per heavy atom. The topological polar surface area (TPSA) is 15.7 Å². The highest BCUT2D eigenvalue weighted by atomic mass is 16.5. The standard InChI is InChI=1S/C24H26N2O/c1-18-19(2)23(27-3)15-14-22(18)24-25(20-10-6-4-7-11-20)16-17-26(24)21-12-8-5-9-13-21/h4-15,24H,16-17H2,1-3H3. The quantitative estimate of drug-likeness (QED) is 0.626. The third-order valence-corrected chi connectivity index (χ3v) is 5.63. The first-order chi connectivity index (χ1) is 13.2. The van der Waals surface area contributed by atoms with Gasteiger partial charge in [-0.15, -0.1) is 0 Å². The molecular formula is C24H26N2O. The predicted octanol–water partition coefficient (Wildman–Crippen LogP) is 5.34. The van der Waals surface area contributed by atoms with Gasteiger partial charge in [0.15, 0.2) is 0 Å². The highest BCUT2D eigenvalue weighted by molar-refractivity contribution is 5.60. The van der Waals surface area contributed by atoms with Gasteiger partial charge in [-0.3, -0.25) is 0 Å². The molecular weight excluding hydrogens is 332 g/mol. The molecule has 0 aromatic heterocycles. The van der Waals surface area contributed by atoms with Crippen LogP contribution >= 0.6 is 0 Å². The molecule has 0 saturated carbocycles. The summed E-state index contributed by atoms with van der Waals surface area (Å²) in [6.07, 6.45) is 0.166. The van der Waals surface area contributed by atoms with E-state index in [0.717, 1.165) is 18.8 Å². The smallest absolute Gasteiger partial charge is 0.128 e. The number of nitrogens with zero attached hydrogens (tertiary/aromatic N) is 2. The van der Waals surface area contributed by atoms with Crippen LogP contribution in [0.25, 0.3) is 0 Å². The molecule has 1 aliphatic heterocycles. The van der Waals surface area contributed by atoms with Gasteiger partial charge in [0.1, 0.15) is 11.9 Å². The second kappa shape index (κ2) is 7.36. The largest absolute Gasteiger partial charge is 0.496 e. The summed E-state index contributed by atoms with van der Waals surface area (Å²) in [5.74, 6) is 0.951. The summed E-state index contributed by atoms with van der Waals surface area (Å²) >= 11 is 0. The Bertz CT molecular complexity index is 861. The molecule has 1 heterocycles. The first kappa shape index (κ1) is 17.5. The van der Waals surface area contributed by atoms with Crippen LogP contribution in [0.4, 0.5) is 11.4 Å². The molecule has 0 aliphatic carbocycles. The zero-order valence-electron chi connectivity index (χ0n) is 16.2. The van der Waals surface area contributed by atoms with E-state index in [4.69, 9.17) is 4.74 Å². The van der Waals surface area contributed by atoms with Gasteiger partial charge in [-0.1, -0.05) is 42.5 Å². The van der Waals surface area contributed by atoms with E-state index in [0.29, 0.717) is 0 Å². The predicted molar refractivity (Wildman–Crippen MR) is 113 cm³/mol. The van der Waals surface area contributed by atoms with Crippen LogP contribution in [0.3, 0.4) is 0 Å². The number of hydrogen-bond donors (Lipinski definition) is 0. The molecule has 138 valence electrons. The van der Waals surface area contributed by atoms with Crippen molar-refractivity contribution in [2.75, 3.05) is 30.0 Å². The SMILES string of the molecule is COc1ccc(C2N(c3ccccc3)CCN2c2ccccc2)c(C)c1C. The van der Waals surface area contributed by atoms with Crippen LogP contribution < -0.4 is 14.5 Å². The highest BCUT2D eigenvalue weighted by Crippen LogP contribution is 2.40. The highest BCUT2D eigenvalue weighted by Gasteiger charge is 2.34. The first-order valence-electron chi connectivity index (χ1n) is 9.48.